The predicted molar refractivity (Wildman–Crippen MR) is 82.4 cm³/mol. The summed E-state index contributed by atoms with van der Waals surface area (Å²) < 4.78 is 0. The number of thiocarbonyl (C=S) groups is 1. The van der Waals surface area contributed by atoms with Gasteiger partial charge in [-0.05, 0) is 24.3 Å². The largest absolute Gasteiger partial charge is 0.350 e. The molecule has 2 aromatic carbocycles. The molecular weight excluding hydrogens is 256 g/mol. The van der Waals surface area contributed by atoms with Crippen molar-refractivity contribution in [3.63, 3.8) is 0 Å². The molecule has 0 heterocycles. The van der Waals surface area contributed by atoms with E-state index < -0.39 is 0 Å². The van der Waals surface area contributed by atoms with Crippen LogP contribution < -0.4 is 10.6 Å². The highest BCUT2D eigenvalue weighted by Gasteiger charge is 2.06. The van der Waals surface area contributed by atoms with Crippen LogP contribution in [0.25, 0.3) is 0 Å². The molecule has 0 aromatic heterocycles. The van der Waals surface area contributed by atoms with Gasteiger partial charge in [-0.3, -0.25) is 4.79 Å². The molecule has 0 aliphatic rings. The molecule has 2 N–H and O–H groups in total. The standard InChI is InChI=1S/C15H14N2OS/c18-14(16-12-7-3-1-4-8-12)11-15(19)17-13-9-5-2-6-10-13/h1-10H,11H2,(H,16,18)(H,17,19). The minimum Gasteiger partial charge on any atom is -0.350 e. The van der Waals surface area contributed by atoms with Crippen molar-refractivity contribution in [1.29, 1.82) is 0 Å². The fraction of sp³-hybridized carbons (Fsp3) is 0.0667. The summed E-state index contributed by atoms with van der Waals surface area (Å²) in [5.41, 5.74) is 1.66. The molecular formula is C15H14N2OS. The molecule has 0 saturated heterocycles. The number of para-hydroxylation sites is 2. The second-order valence-corrected chi connectivity index (χ2v) is 4.50. The molecule has 1 amide bonds. The summed E-state index contributed by atoms with van der Waals surface area (Å²) >= 11 is 5.16. The number of hydrogen-bond donors (Lipinski definition) is 2. The Hall–Kier alpha value is -2.20. The lowest BCUT2D eigenvalue weighted by molar-refractivity contribution is -0.115. The molecule has 0 unspecified atom stereocenters. The molecule has 19 heavy (non-hydrogen) atoms. The predicted octanol–water partition coefficient (Wildman–Crippen LogP) is 3.45. The van der Waals surface area contributed by atoms with Gasteiger partial charge in [0, 0.05) is 11.4 Å². The summed E-state index contributed by atoms with van der Waals surface area (Å²) in [5, 5.41) is 5.82. The SMILES string of the molecule is O=C(CC(=S)Nc1ccccc1)Nc1ccccc1. The van der Waals surface area contributed by atoms with Crippen molar-refractivity contribution < 1.29 is 4.79 Å². The first kappa shape index (κ1) is 13.2. The van der Waals surface area contributed by atoms with Gasteiger partial charge in [0.1, 0.15) is 0 Å². The van der Waals surface area contributed by atoms with E-state index >= 15 is 0 Å². The van der Waals surface area contributed by atoms with E-state index in [9.17, 15) is 4.79 Å². The van der Waals surface area contributed by atoms with Crippen LogP contribution in [0.5, 0.6) is 0 Å². The number of carbonyl (C=O) groups excluding carboxylic acids is 1. The summed E-state index contributed by atoms with van der Waals surface area (Å²) in [6.07, 6.45) is 0.166. The van der Waals surface area contributed by atoms with Gasteiger partial charge in [-0.25, -0.2) is 0 Å². The topological polar surface area (TPSA) is 41.1 Å². The summed E-state index contributed by atoms with van der Waals surface area (Å²) in [7, 11) is 0. The Labute approximate surface area is 117 Å². The van der Waals surface area contributed by atoms with Gasteiger partial charge in [0.05, 0.1) is 11.4 Å². The Balaban J connectivity index is 1.84. The number of anilines is 2. The van der Waals surface area contributed by atoms with Gasteiger partial charge >= 0.3 is 0 Å². The second kappa shape index (κ2) is 6.66. The lowest BCUT2D eigenvalue weighted by atomic mass is 10.3. The monoisotopic (exact) mass is 270 g/mol. The van der Waals surface area contributed by atoms with Gasteiger partial charge < -0.3 is 10.6 Å². The Kier molecular flexibility index (Phi) is 4.64. The molecule has 0 fully saturated rings. The Morgan fingerprint density at radius 2 is 1.32 bits per heavy atom. The zero-order chi connectivity index (χ0) is 13.5. The van der Waals surface area contributed by atoms with Crippen molar-refractivity contribution in [3.05, 3.63) is 60.7 Å². The molecule has 96 valence electrons. The number of amides is 1. The van der Waals surface area contributed by atoms with Gasteiger partial charge in [0.15, 0.2) is 0 Å². The molecule has 0 aliphatic carbocycles. The van der Waals surface area contributed by atoms with Gasteiger partial charge in [-0.2, -0.15) is 0 Å². The first-order valence-corrected chi connectivity index (χ1v) is 6.34. The summed E-state index contributed by atoms with van der Waals surface area (Å²) in [4.78, 5) is 12.3. The van der Waals surface area contributed by atoms with Crippen molar-refractivity contribution in [2.75, 3.05) is 10.6 Å². The number of rotatable bonds is 4. The maximum absolute atomic E-state index is 11.8. The van der Waals surface area contributed by atoms with E-state index in [-0.39, 0.29) is 12.3 Å². The first-order valence-electron chi connectivity index (χ1n) is 5.94. The summed E-state index contributed by atoms with van der Waals surface area (Å²) in [6.45, 7) is 0. The zero-order valence-corrected chi connectivity index (χ0v) is 11.1. The average Bonchev–Trinajstić information content (AvgIpc) is 2.40. The van der Waals surface area contributed by atoms with E-state index in [4.69, 9.17) is 12.2 Å². The van der Waals surface area contributed by atoms with Crippen LogP contribution in [-0.2, 0) is 4.79 Å². The molecule has 2 aromatic rings. The van der Waals surface area contributed by atoms with Crippen LogP contribution in [0.3, 0.4) is 0 Å². The lowest BCUT2D eigenvalue weighted by Crippen LogP contribution is -2.20. The van der Waals surface area contributed by atoms with E-state index in [1.165, 1.54) is 0 Å². The van der Waals surface area contributed by atoms with E-state index in [1.54, 1.807) is 0 Å². The summed E-state index contributed by atoms with van der Waals surface area (Å²) in [5.74, 6) is -0.125. The summed E-state index contributed by atoms with van der Waals surface area (Å²) in [6, 6.07) is 18.9. The number of carbonyl (C=O) groups is 1. The highest BCUT2D eigenvalue weighted by Crippen LogP contribution is 2.08. The first-order chi connectivity index (χ1) is 9.24. The van der Waals surface area contributed by atoms with E-state index in [0.29, 0.717) is 4.99 Å². The molecule has 0 spiro atoms. The minimum absolute atomic E-state index is 0.125. The number of benzene rings is 2. The molecule has 0 radical (unpaired) electrons. The van der Waals surface area contributed by atoms with Crippen molar-refractivity contribution in [1.82, 2.24) is 0 Å². The maximum atomic E-state index is 11.8. The smallest absolute Gasteiger partial charge is 0.231 e. The fourth-order valence-electron chi connectivity index (χ4n) is 1.60. The van der Waals surface area contributed by atoms with Crippen LogP contribution in [0.1, 0.15) is 6.42 Å². The van der Waals surface area contributed by atoms with Crippen LogP contribution in [0, 0.1) is 0 Å². The second-order valence-electron chi connectivity index (χ2n) is 4.01. The van der Waals surface area contributed by atoms with E-state index in [1.807, 2.05) is 60.7 Å². The van der Waals surface area contributed by atoms with Crippen LogP contribution in [0.15, 0.2) is 60.7 Å². The van der Waals surface area contributed by atoms with Gasteiger partial charge in [0.2, 0.25) is 5.91 Å². The van der Waals surface area contributed by atoms with Crippen molar-refractivity contribution >= 4 is 34.5 Å². The Bertz CT molecular complexity index is 503. The average molecular weight is 270 g/mol. The molecule has 3 nitrogen and oxygen atoms in total. The van der Waals surface area contributed by atoms with E-state index in [2.05, 4.69) is 10.6 Å². The van der Waals surface area contributed by atoms with Crippen LogP contribution >= 0.6 is 12.2 Å². The third kappa shape index (κ3) is 4.52. The highest BCUT2D eigenvalue weighted by molar-refractivity contribution is 7.80. The number of hydrogen-bond acceptors (Lipinski definition) is 2. The minimum atomic E-state index is -0.125. The molecule has 4 heteroatoms. The van der Waals surface area contributed by atoms with Crippen molar-refractivity contribution in [2.45, 2.75) is 6.42 Å². The van der Waals surface area contributed by atoms with E-state index in [0.717, 1.165) is 11.4 Å². The molecule has 0 aliphatic heterocycles. The van der Waals surface area contributed by atoms with Crippen molar-refractivity contribution in [3.8, 4) is 0 Å². The molecule has 0 bridgehead atoms. The third-order valence-corrected chi connectivity index (χ3v) is 2.68. The normalized spacial score (nSPS) is 9.68. The van der Waals surface area contributed by atoms with Crippen molar-refractivity contribution in [2.24, 2.45) is 0 Å². The maximum Gasteiger partial charge on any atom is 0.231 e. The molecule has 0 saturated carbocycles. The van der Waals surface area contributed by atoms with Gasteiger partial charge in [-0.15, -0.1) is 0 Å². The molecule has 2 rings (SSSR count). The van der Waals surface area contributed by atoms with Crippen LogP contribution in [0.4, 0.5) is 11.4 Å². The zero-order valence-electron chi connectivity index (χ0n) is 10.3. The highest BCUT2D eigenvalue weighted by atomic mass is 32.1. The van der Waals surface area contributed by atoms with Crippen LogP contribution in [-0.4, -0.2) is 10.9 Å². The lowest BCUT2D eigenvalue weighted by Gasteiger charge is -2.08. The molecule has 0 atom stereocenters. The Morgan fingerprint density at radius 3 is 1.84 bits per heavy atom. The third-order valence-electron chi connectivity index (χ3n) is 2.44. The quantitative estimate of drug-likeness (QED) is 0.836. The van der Waals surface area contributed by atoms with Gasteiger partial charge in [-0.1, -0.05) is 48.6 Å². The fourth-order valence-corrected chi connectivity index (χ4v) is 1.85. The van der Waals surface area contributed by atoms with Gasteiger partial charge in [0.25, 0.3) is 0 Å². The Morgan fingerprint density at radius 1 is 0.842 bits per heavy atom. The van der Waals surface area contributed by atoms with Crippen LogP contribution in [0.2, 0.25) is 0 Å². The number of nitrogens with one attached hydrogen (secondary N) is 2.